The molecule has 0 unspecified atom stereocenters. The molecule has 1 atom stereocenters. The SMILES string of the molecule is CCO[C@@H]1CCCN(C(=O)Cc2cc(=O)oc3cc(OC)ccc23)C1. The smallest absolute Gasteiger partial charge is 0.336 e. The van der Waals surface area contributed by atoms with Crippen molar-refractivity contribution in [3.8, 4) is 5.75 Å². The van der Waals surface area contributed by atoms with Gasteiger partial charge in [-0.25, -0.2) is 4.79 Å². The second-order valence-corrected chi connectivity index (χ2v) is 6.19. The molecule has 0 radical (unpaired) electrons. The quantitative estimate of drug-likeness (QED) is 0.778. The highest BCUT2D eigenvalue weighted by Gasteiger charge is 2.24. The molecule has 1 saturated heterocycles. The van der Waals surface area contributed by atoms with Gasteiger partial charge >= 0.3 is 5.63 Å². The molecule has 134 valence electrons. The molecule has 2 aromatic rings. The van der Waals surface area contributed by atoms with Crippen LogP contribution in [0.3, 0.4) is 0 Å². The molecule has 1 aliphatic heterocycles. The van der Waals surface area contributed by atoms with Gasteiger partial charge in [0.05, 0.1) is 19.6 Å². The zero-order valence-corrected chi connectivity index (χ0v) is 14.6. The number of amides is 1. The third-order valence-electron chi connectivity index (χ3n) is 4.51. The number of likely N-dealkylation sites (tertiary alicyclic amines) is 1. The Morgan fingerprint density at radius 3 is 2.96 bits per heavy atom. The highest BCUT2D eigenvalue weighted by Crippen LogP contribution is 2.23. The van der Waals surface area contributed by atoms with Crippen molar-refractivity contribution in [3.05, 3.63) is 40.2 Å². The van der Waals surface area contributed by atoms with Crippen molar-refractivity contribution in [1.82, 2.24) is 4.90 Å². The van der Waals surface area contributed by atoms with Crippen LogP contribution in [-0.2, 0) is 16.0 Å². The van der Waals surface area contributed by atoms with Crippen LogP contribution in [0.1, 0.15) is 25.3 Å². The van der Waals surface area contributed by atoms with E-state index in [1.807, 2.05) is 17.9 Å². The topological polar surface area (TPSA) is 69.0 Å². The van der Waals surface area contributed by atoms with Crippen molar-refractivity contribution in [2.75, 3.05) is 26.8 Å². The van der Waals surface area contributed by atoms with Crippen LogP contribution in [-0.4, -0.2) is 43.7 Å². The Morgan fingerprint density at radius 1 is 1.36 bits per heavy atom. The van der Waals surface area contributed by atoms with Crippen LogP contribution in [0.4, 0.5) is 0 Å². The minimum Gasteiger partial charge on any atom is -0.497 e. The van der Waals surface area contributed by atoms with Gasteiger partial charge in [-0.2, -0.15) is 0 Å². The average Bonchev–Trinajstić information content (AvgIpc) is 2.61. The van der Waals surface area contributed by atoms with E-state index in [4.69, 9.17) is 13.9 Å². The lowest BCUT2D eigenvalue weighted by molar-refractivity contribution is -0.134. The van der Waals surface area contributed by atoms with E-state index in [-0.39, 0.29) is 18.4 Å². The Morgan fingerprint density at radius 2 is 2.20 bits per heavy atom. The van der Waals surface area contributed by atoms with Crippen molar-refractivity contribution in [2.45, 2.75) is 32.3 Å². The monoisotopic (exact) mass is 345 g/mol. The first-order chi connectivity index (χ1) is 12.1. The average molecular weight is 345 g/mol. The second-order valence-electron chi connectivity index (χ2n) is 6.19. The van der Waals surface area contributed by atoms with E-state index >= 15 is 0 Å². The number of hydrogen-bond donors (Lipinski definition) is 0. The number of piperidine rings is 1. The summed E-state index contributed by atoms with van der Waals surface area (Å²) >= 11 is 0. The van der Waals surface area contributed by atoms with E-state index in [1.165, 1.54) is 6.07 Å². The van der Waals surface area contributed by atoms with E-state index < -0.39 is 5.63 Å². The first-order valence-electron chi connectivity index (χ1n) is 8.61. The molecule has 0 bridgehead atoms. The summed E-state index contributed by atoms with van der Waals surface area (Å²) in [6.45, 7) is 3.96. The van der Waals surface area contributed by atoms with Crippen LogP contribution in [0.2, 0.25) is 0 Å². The summed E-state index contributed by atoms with van der Waals surface area (Å²) in [5.41, 5.74) is 0.646. The number of nitrogens with zero attached hydrogens (tertiary/aromatic N) is 1. The summed E-state index contributed by atoms with van der Waals surface area (Å²) in [5.74, 6) is 0.613. The number of rotatable bonds is 5. The third kappa shape index (κ3) is 4.02. The summed E-state index contributed by atoms with van der Waals surface area (Å²) in [6.07, 6.45) is 2.19. The first kappa shape index (κ1) is 17.5. The number of ether oxygens (including phenoxy) is 2. The van der Waals surface area contributed by atoms with Gasteiger partial charge in [0.1, 0.15) is 11.3 Å². The standard InChI is InChI=1S/C19H23NO5/c1-3-24-15-5-4-8-20(12-15)18(21)9-13-10-19(22)25-17-11-14(23-2)6-7-16(13)17/h6-7,10-11,15H,3-5,8-9,12H2,1-2H3/t15-/m1/s1. The molecule has 3 rings (SSSR count). The van der Waals surface area contributed by atoms with Gasteiger partial charge in [-0.3, -0.25) is 4.79 Å². The van der Waals surface area contributed by atoms with E-state index in [2.05, 4.69) is 0 Å². The largest absolute Gasteiger partial charge is 0.497 e. The predicted octanol–water partition coefficient (Wildman–Crippen LogP) is 2.37. The maximum Gasteiger partial charge on any atom is 0.336 e. The van der Waals surface area contributed by atoms with Crippen molar-refractivity contribution >= 4 is 16.9 Å². The fraction of sp³-hybridized carbons (Fsp3) is 0.474. The summed E-state index contributed by atoms with van der Waals surface area (Å²) in [7, 11) is 1.55. The van der Waals surface area contributed by atoms with Crippen LogP contribution >= 0.6 is 0 Å². The van der Waals surface area contributed by atoms with Gasteiger partial charge in [0, 0.05) is 37.2 Å². The van der Waals surface area contributed by atoms with Gasteiger partial charge in [0.25, 0.3) is 0 Å². The lowest BCUT2D eigenvalue weighted by atomic mass is 10.0. The molecule has 6 heteroatoms. The van der Waals surface area contributed by atoms with Gasteiger partial charge in [0.15, 0.2) is 0 Å². The third-order valence-corrected chi connectivity index (χ3v) is 4.51. The van der Waals surface area contributed by atoms with E-state index in [0.29, 0.717) is 30.0 Å². The molecule has 6 nitrogen and oxygen atoms in total. The summed E-state index contributed by atoms with van der Waals surface area (Å²) in [6, 6.07) is 6.68. The van der Waals surface area contributed by atoms with Crippen LogP contribution < -0.4 is 10.4 Å². The number of carbonyl (C=O) groups is 1. The zero-order valence-electron chi connectivity index (χ0n) is 14.6. The van der Waals surface area contributed by atoms with Gasteiger partial charge < -0.3 is 18.8 Å². The Labute approximate surface area is 146 Å². The molecule has 0 saturated carbocycles. The molecular formula is C19H23NO5. The molecule has 0 N–H and O–H groups in total. The minimum atomic E-state index is -0.464. The van der Waals surface area contributed by atoms with Crippen molar-refractivity contribution in [2.24, 2.45) is 0 Å². The Bertz CT molecular complexity index is 811. The fourth-order valence-corrected chi connectivity index (χ4v) is 3.29. The van der Waals surface area contributed by atoms with Gasteiger partial charge in [0.2, 0.25) is 5.91 Å². The number of carbonyl (C=O) groups excluding carboxylic acids is 1. The summed E-state index contributed by atoms with van der Waals surface area (Å²) in [5, 5.41) is 0.757. The first-order valence-corrected chi connectivity index (χ1v) is 8.61. The number of fused-ring (bicyclic) bond motifs is 1. The lowest BCUT2D eigenvalue weighted by Gasteiger charge is -2.32. The van der Waals surface area contributed by atoms with Crippen LogP contribution in [0, 0.1) is 0 Å². The highest BCUT2D eigenvalue weighted by atomic mass is 16.5. The second kappa shape index (κ2) is 7.70. The van der Waals surface area contributed by atoms with E-state index in [1.54, 1.807) is 19.2 Å². The molecule has 1 aromatic heterocycles. The number of benzene rings is 1. The molecular weight excluding hydrogens is 322 g/mol. The van der Waals surface area contributed by atoms with Crippen LogP contribution in [0.25, 0.3) is 11.0 Å². The maximum absolute atomic E-state index is 12.7. The van der Waals surface area contributed by atoms with Crippen molar-refractivity contribution in [1.29, 1.82) is 0 Å². The molecule has 1 fully saturated rings. The Balaban J connectivity index is 1.82. The normalized spacial score (nSPS) is 17.7. The maximum atomic E-state index is 12.7. The molecule has 0 aliphatic carbocycles. The minimum absolute atomic E-state index is 0.00659. The van der Waals surface area contributed by atoms with Gasteiger partial charge in [-0.05, 0) is 37.5 Å². The van der Waals surface area contributed by atoms with E-state index in [9.17, 15) is 9.59 Å². The fourth-order valence-electron chi connectivity index (χ4n) is 3.29. The molecule has 1 aliphatic rings. The summed E-state index contributed by atoms with van der Waals surface area (Å²) < 4.78 is 16.1. The highest BCUT2D eigenvalue weighted by molar-refractivity contribution is 5.87. The molecule has 2 heterocycles. The number of methoxy groups -OCH3 is 1. The lowest BCUT2D eigenvalue weighted by Crippen LogP contribution is -2.43. The Kier molecular flexibility index (Phi) is 5.38. The Hall–Kier alpha value is -2.34. The van der Waals surface area contributed by atoms with E-state index in [0.717, 1.165) is 24.8 Å². The summed E-state index contributed by atoms with van der Waals surface area (Å²) in [4.78, 5) is 26.4. The molecule has 0 spiro atoms. The zero-order chi connectivity index (χ0) is 17.8. The molecule has 25 heavy (non-hydrogen) atoms. The van der Waals surface area contributed by atoms with Crippen LogP contribution in [0.15, 0.2) is 33.5 Å². The van der Waals surface area contributed by atoms with Crippen LogP contribution in [0.5, 0.6) is 5.75 Å². The molecule has 1 aromatic carbocycles. The van der Waals surface area contributed by atoms with Crippen molar-refractivity contribution in [3.63, 3.8) is 0 Å². The van der Waals surface area contributed by atoms with Gasteiger partial charge in [-0.15, -0.1) is 0 Å². The van der Waals surface area contributed by atoms with Crippen molar-refractivity contribution < 1.29 is 18.7 Å². The predicted molar refractivity (Wildman–Crippen MR) is 94.0 cm³/mol. The molecule has 1 amide bonds. The van der Waals surface area contributed by atoms with Gasteiger partial charge in [-0.1, -0.05) is 0 Å². The number of hydrogen-bond acceptors (Lipinski definition) is 5.